The summed E-state index contributed by atoms with van der Waals surface area (Å²) in [5.74, 6) is 0. The predicted octanol–water partition coefficient (Wildman–Crippen LogP) is 18.6. The fraction of sp³-hybridized carbons (Fsp3) is 0.246. The van der Waals surface area contributed by atoms with Crippen LogP contribution in [0.2, 0.25) is 0 Å². The molecule has 15 rings (SSSR count). The molecule has 0 saturated carbocycles. The molecule has 13 aromatic rings. The lowest BCUT2D eigenvalue weighted by Gasteiger charge is -2.31. The average Bonchev–Trinajstić information content (AvgIpc) is 4.24. The van der Waals surface area contributed by atoms with E-state index in [-0.39, 0.29) is 21.7 Å². The van der Waals surface area contributed by atoms with Gasteiger partial charge >= 0.3 is 0 Å². The number of pyridine rings is 2. The fourth-order valence-corrected chi connectivity index (χ4v) is 13.8. The quantitative estimate of drug-likeness (QED) is 0.164. The largest absolute Gasteiger partial charge is 0.437 e. The highest BCUT2D eigenvalue weighted by Crippen LogP contribution is 2.68. The first kappa shape index (κ1) is 43.8. The topological polar surface area (TPSA) is 56.5 Å². The Kier molecular flexibility index (Phi) is 8.22. The summed E-state index contributed by atoms with van der Waals surface area (Å²) in [7, 11) is 0. The number of fused-ring (bicyclic) bond motifs is 25. The number of hydrogen-bond acceptors (Lipinski definition) is 4. The highest BCUT2D eigenvalue weighted by Gasteiger charge is 2.54. The van der Waals surface area contributed by atoms with Crippen LogP contribution in [-0.4, -0.2) is 14.4 Å². The monoisotopic (exact) mass is 961 g/mol. The highest BCUT2D eigenvalue weighted by atomic mass is 16.3. The summed E-state index contributed by atoms with van der Waals surface area (Å²) < 4.78 is 16.9. The first-order valence-corrected chi connectivity index (χ1v) is 26.5. The van der Waals surface area contributed by atoms with Gasteiger partial charge in [-0.2, -0.15) is 0 Å². The van der Waals surface area contributed by atoms with Crippen molar-refractivity contribution in [2.75, 3.05) is 0 Å². The van der Waals surface area contributed by atoms with E-state index in [4.69, 9.17) is 18.8 Å². The lowest BCUT2D eigenvalue weighted by molar-refractivity contribution is 0.557. The molecule has 6 heterocycles. The molecule has 0 amide bonds. The Morgan fingerprint density at radius 3 is 1.32 bits per heavy atom. The molecule has 0 saturated heterocycles. The molecule has 0 N–H and O–H groups in total. The van der Waals surface area contributed by atoms with Crippen LogP contribution in [0.4, 0.5) is 0 Å². The SMILES string of the molecule is CC(C)(C)c1cc(C(C)(C)C)c2oc3ncc4c(c5c(-c6ccccc6)c6c(c7c8c9c(ncc8n4c57)oc4c(C(C)(C)C)cc(C(C)(C)C)cc49)C4(c5ccccc5-c5ccccc54)c4ccccc4-6)c3c2c1. The molecule has 2 aliphatic rings. The summed E-state index contributed by atoms with van der Waals surface area (Å²) in [4.78, 5) is 10.8. The average molecular weight is 962 g/mol. The Hall–Kier alpha value is -7.76. The maximum Gasteiger partial charge on any atom is 0.228 e. The molecule has 0 radical (unpaired) electrons. The lowest BCUT2D eigenvalue weighted by Crippen LogP contribution is -2.26. The van der Waals surface area contributed by atoms with Crippen LogP contribution in [-0.2, 0) is 27.1 Å². The second-order valence-corrected chi connectivity index (χ2v) is 25.7. The van der Waals surface area contributed by atoms with Gasteiger partial charge in [-0.05, 0) is 101 Å². The van der Waals surface area contributed by atoms with Crippen molar-refractivity contribution in [3.63, 3.8) is 0 Å². The normalized spacial score (nSPS) is 14.6. The second kappa shape index (κ2) is 13.9. The Balaban J connectivity index is 1.29. The summed E-state index contributed by atoms with van der Waals surface area (Å²) in [5, 5.41) is 9.05. The smallest absolute Gasteiger partial charge is 0.228 e. The third-order valence-electron chi connectivity index (χ3n) is 17.2. The highest BCUT2D eigenvalue weighted by molar-refractivity contribution is 6.40. The first-order valence-electron chi connectivity index (χ1n) is 26.5. The predicted molar refractivity (Wildman–Crippen MR) is 308 cm³/mol. The number of aromatic nitrogens is 3. The molecule has 0 fully saturated rings. The van der Waals surface area contributed by atoms with Gasteiger partial charge in [0.25, 0.3) is 0 Å². The summed E-state index contributed by atoms with van der Waals surface area (Å²) in [6, 6.07) is 48.4. The molecular formula is C69H59N3O2. The molecular weight excluding hydrogens is 903 g/mol. The Morgan fingerprint density at radius 2 is 0.851 bits per heavy atom. The van der Waals surface area contributed by atoms with Crippen LogP contribution in [0.1, 0.15) is 128 Å². The van der Waals surface area contributed by atoms with Crippen LogP contribution in [0, 0.1) is 0 Å². The minimum absolute atomic E-state index is 0.114. The third-order valence-corrected chi connectivity index (χ3v) is 17.2. The summed E-state index contributed by atoms with van der Waals surface area (Å²) in [5.41, 5.74) is 22.7. The second-order valence-electron chi connectivity index (χ2n) is 25.7. The Bertz CT molecular complexity index is 4580. The maximum absolute atomic E-state index is 7.19. The van der Waals surface area contributed by atoms with E-state index in [1.807, 2.05) is 0 Å². The van der Waals surface area contributed by atoms with E-state index in [1.54, 1.807) is 0 Å². The molecule has 0 unspecified atom stereocenters. The number of rotatable bonds is 1. The van der Waals surface area contributed by atoms with Gasteiger partial charge in [0.2, 0.25) is 11.4 Å². The number of furan rings is 2. The van der Waals surface area contributed by atoms with E-state index < -0.39 is 5.41 Å². The van der Waals surface area contributed by atoms with Gasteiger partial charge in [-0.1, -0.05) is 198 Å². The van der Waals surface area contributed by atoms with Gasteiger partial charge in [-0.15, -0.1) is 0 Å². The van der Waals surface area contributed by atoms with E-state index in [0.717, 1.165) is 54.5 Å². The van der Waals surface area contributed by atoms with Crippen LogP contribution in [0.3, 0.4) is 0 Å². The van der Waals surface area contributed by atoms with Gasteiger partial charge < -0.3 is 13.2 Å². The molecule has 0 atom stereocenters. The minimum Gasteiger partial charge on any atom is -0.437 e. The summed E-state index contributed by atoms with van der Waals surface area (Å²) in [6.07, 6.45) is 4.17. The van der Waals surface area contributed by atoms with E-state index in [9.17, 15) is 0 Å². The van der Waals surface area contributed by atoms with Gasteiger partial charge in [-0.3, -0.25) is 0 Å². The van der Waals surface area contributed by atoms with Crippen LogP contribution < -0.4 is 0 Å². The lowest BCUT2D eigenvalue weighted by atomic mass is 9.69. The number of benzene rings is 7. The van der Waals surface area contributed by atoms with E-state index in [0.29, 0.717) is 11.4 Å². The fourth-order valence-electron chi connectivity index (χ4n) is 13.8. The van der Waals surface area contributed by atoms with Crippen LogP contribution in [0.25, 0.3) is 116 Å². The van der Waals surface area contributed by atoms with E-state index in [2.05, 4.69) is 227 Å². The molecule has 7 aromatic carbocycles. The zero-order chi connectivity index (χ0) is 50.9. The molecule has 1 spiro atoms. The minimum atomic E-state index is -0.670. The van der Waals surface area contributed by atoms with Crippen molar-refractivity contribution in [1.82, 2.24) is 14.4 Å². The number of nitrogens with zero attached hydrogens (tertiary/aromatic N) is 3. The van der Waals surface area contributed by atoms with Crippen LogP contribution in [0.5, 0.6) is 0 Å². The molecule has 362 valence electrons. The molecule has 2 aliphatic carbocycles. The van der Waals surface area contributed by atoms with Gasteiger partial charge in [0, 0.05) is 43.4 Å². The molecule has 74 heavy (non-hydrogen) atoms. The molecule has 6 aromatic heterocycles. The van der Waals surface area contributed by atoms with E-state index in [1.165, 1.54) is 94.2 Å². The van der Waals surface area contributed by atoms with Gasteiger partial charge in [0.1, 0.15) is 11.2 Å². The molecule has 5 heteroatoms. The molecule has 5 nitrogen and oxygen atoms in total. The molecule has 0 aliphatic heterocycles. The van der Waals surface area contributed by atoms with Crippen molar-refractivity contribution >= 4 is 82.2 Å². The Morgan fingerprint density at radius 1 is 0.419 bits per heavy atom. The van der Waals surface area contributed by atoms with Crippen LogP contribution >= 0.6 is 0 Å². The van der Waals surface area contributed by atoms with Crippen molar-refractivity contribution in [2.45, 2.75) is 110 Å². The van der Waals surface area contributed by atoms with Crippen molar-refractivity contribution in [1.29, 1.82) is 0 Å². The number of hydrogen-bond donors (Lipinski definition) is 0. The van der Waals surface area contributed by atoms with Gasteiger partial charge in [-0.25, -0.2) is 9.97 Å². The molecule has 0 bridgehead atoms. The maximum atomic E-state index is 7.19. The summed E-state index contributed by atoms with van der Waals surface area (Å²) in [6.45, 7) is 27.7. The van der Waals surface area contributed by atoms with Crippen LogP contribution in [0.15, 0.2) is 149 Å². The third kappa shape index (κ3) is 5.35. The Labute approximate surface area is 431 Å². The van der Waals surface area contributed by atoms with E-state index >= 15 is 0 Å². The zero-order valence-corrected chi connectivity index (χ0v) is 44.4. The van der Waals surface area contributed by atoms with Gasteiger partial charge in [0.15, 0.2) is 0 Å². The van der Waals surface area contributed by atoms with Crippen molar-refractivity contribution in [2.24, 2.45) is 0 Å². The first-order chi connectivity index (χ1) is 35.3. The van der Waals surface area contributed by atoms with Crippen molar-refractivity contribution in [3.05, 3.63) is 184 Å². The van der Waals surface area contributed by atoms with Gasteiger partial charge in [0.05, 0.1) is 45.1 Å². The van der Waals surface area contributed by atoms with Crippen molar-refractivity contribution in [3.8, 4) is 33.4 Å². The van der Waals surface area contributed by atoms with Crippen molar-refractivity contribution < 1.29 is 8.83 Å². The summed E-state index contributed by atoms with van der Waals surface area (Å²) >= 11 is 0. The zero-order valence-electron chi connectivity index (χ0n) is 44.4. The standard InChI is InChI=1S/C69H59N3O2/c1-65(2,3)37-30-42-53-55-49(34-70-63(53)73-61(42)47(32-37)67(7,8)9)72-50-35-71-64-54(43-31-38(66(4,5)6)33-48(62(43)74-64)68(10,11)12)56(50)58-59-52(51(57(55)60(58)72)36-22-14-13-15-23-36)41-26-18-21-29-46(41)69(59)44-27-19-16-24-39(44)40-25-17-20-28-45(40)69/h13-35H,1-12H3.